The molecule has 2 aromatic rings. The minimum Gasteiger partial charge on any atom is -0.497 e. The smallest absolute Gasteiger partial charge is 0.124 e. The van der Waals surface area contributed by atoms with Crippen LogP contribution in [0.1, 0.15) is 19.4 Å². The van der Waals surface area contributed by atoms with Crippen molar-refractivity contribution < 1.29 is 9.47 Å². The van der Waals surface area contributed by atoms with Crippen LogP contribution in [0.15, 0.2) is 46.9 Å². The quantitative estimate of drug-likeness (QED) is 0.807. The molecule has 4 heteroatoms. The van der Waals surface area contributed by atoms with E-state index >= 15 is 0 Å². The summed E-state index contributed by atoms with van der Waals surface area (Å²) in [6.07, 6.45) is 0.164. The van der Waals surface area contributed by atoms with Crippen molar-refractivity contribution in [3.8, 4) is 11.5 Å². The zero-order valence-electron chi connectivity index (χ0n) is 12.5. The standard InChI is InChI=1S/C17H20BrNO2/c1-12(2)21-17-7-5-4-6-13(17)11-19-15-8-14(18)9-16(10-15)20-3/h4-10,12,19H,11H2,1-3H3. The number of benzene rings is 2. The van der Waals surface area contributed by atoms with Crippen LogP contribution in [0, 0.1) is 0 Å². The normalized spacial score (nSPS) is 10.5. The second-order valence-corrected chi connectivity index (χ2v) is 5.92. The van der Waals surface area contributed by atoms with E-state index in [0.717, 1.165) is 27.2 Å². The number of anilines is 1. The molecule has 0 aliphatic carbocycles. The van der Waals surface area contributed by atoms with Crippen molar-refractivity contribution in [2.75, 3.05) is 12.4 Å². The summed E-state index contributed by atoms with van der Waals surface area (Å²) in [5, 5.41) is 3.40. The van der Waals surface area contributed by atoms with Crippen molar-refractivity contribution in [1.29, 1.82) is 0 Å². The first-order chi connectivity index (χ1) is 10.1. The summed E-state index contributed by atoms with van der Waals surface area (Å²) >= 11 is 3.48. The van der Waals surface area contributed by atoms with Crippen LogP contribution in [0.3, 0.4) is 0 Å². The minimum absolute atomic E-state index is 0.164. The fourth-order valence-electron chi connectivity index (χ4n) is 2.00. The van der Waals surface area contributed by atoms with Gasteiger partial charge in [0.2, 0.25) is 0 Å². The van der Waals surface area contributed by atoms with Crippen molar-refractivity contribution in [2.24, 2.45) is 0 Å². The molecule has 0 aliphatic rings. The highest BCUT2D eigenvalue weighted by Crippen LogP contribution is 2.26. The first-order valence-electron chi connectivity index (χ1n) is 6.91. The Labute approximate surface area is 134 Å². The van der Waals surface area contributed by atoms with Crippen LogP contribution >= 0.6 is 15.9 Å². The first-order valence-corrected chi connectivity index (χ1v) is 7.71. The number of rotatable bonds is 6. The molecule has 0 bridgehead atoms. The van der Waals surface area contributed by atoms with E-state index < -0.39 is 0 Å². The van der Waals surface area contributed by atoms with Gasteiger partial charge in [-0.3, -0.25) is 0 Å². The van der Waals surface area contributed by atoms with E-state index in [9.17, 15) is 0 Å². The third kappa shape index (κ3) is 4.67. The third-order valence-electron chi connectivity index (χ3n) is 2.93. The number of hydrogen-bond acceptors (Lipinski definition) is 3. The van der Waals surface area contributed by atoms with Crippen LogP contribution in [0.25, 0.3) is 0 Å². The van der Waals surface area contributed by atoms with E-state index in [2.05, 4.69) is 27.3 Å². The average Bonchev–Trinajstić information content (AvgIpc) is 2.45. The van der Waals surface area contributed by atoms with Crippen molar-refractivity contribution >= 4 is 21.6 Å². The van der Waals surface area contributed by atoms with Crippen molar-refractivity contribution in [3.63, 3.8) is 0 Å². The third-order valence-corrected chi connectivity index (χ3v) is 3.38. The highest BCUT2D eigenvalue weighted by molar-refractivity contribution is 9.10. The van der Waals surface area contributed by atoms with Gasteiger partial charge in [-0.15, -0.1) is 0 Å². The van der Waals surface area contributed by atoms with Gasteiger partial charge >= 0.3 is 0 Å². The average molecular weight is 350 g/mol. The number of methoxy groups -OCH3 is 1. The fourth-order valence-corrected chi connectivity index (χ4v) is 2.47. The summed E-state index contributed by atoms with van der Waals surface area (Å²) in [6.45, 7) is 4.76. The molecule has 0 aliphatic heterocycles. The lowest BCUT2D eigenvalue weighted by Gasteiger charge is -2.15. The van der Waals surface area contributed by atoms with Crippen molar-refractivity contribution in [2.45, 2.75) is 26.5 Å². The molecule has 1 N–H and O–H groups in total. The van der Waals surface area contributed by atoms with E-state index in [1.54, 1.807) is 7.11 Å². The van der Waals surface area contributed by atoms with Gasteiger partial charge in [-0.05, 0) is 32.0 Å². The molecular weight excluding hydrogens is 330 g/mol. The van der Waals surface area contributed by atoms with E-state index in [1.807, 2.05) is 50.2 Å². The maximum Gasteiger partial charge on any atom is 0.124 e. The lowest BCUT2D eigenvalue weighted by atomic mass is 10.2. The van der Waals surface area contributed by atoms with Gasteiger partial charge in [0, 0.05) is 28.3 Å². The van der Waals surface area contributed by atoms with E-state index in [1.165, 1.54) is 0 Å². The summed E-state index contributed by atoms with van der Waals surface area (Å²) in [6, 6.07) is 14.0. The maximum atomic E-state index is 5.83. The molecule has 0 saturated carbocycles. The second-order valence-electron chi connectivity index (χ2n) is 5.01. The minimum atomic E-state index is 0.164. The Morgan fingerprint density at radius 3 is 2.62 bits per heavy atom. The molecule has 0 saturated heterocycles. The number of nitrogens with one attached hydrogen (secondary N) is 1. The van der Waals surface area contributed by atoms with Gasteiger partial charge < -0.3 is 14.8 Å². The molecule has 0 fully saturated rings. The monoisotopic (exact) mass is 349 g/mol. The molecule has 0 atom stereocenters. The highest BCUT2D eigenvalue weighted by atomic mass is 79.9. The maximum absolute atomic E-state index is 5.83. The summed E-state index contributed by atoms with van der Waals surface area (Å²) in [4.78, 5) is 0. The topological polar surface area (TPSA) is 30.5 Å². The highest BCUT2D eigenvalue weighted by Gasteiger charge is 2.06. The molecular formula is C17H20BrNO2. The summed E-state index contributed by atoms with van der Waals surface area (Å²) in [5.41, 5.74) is 2.13. The Morgan fingerprint density at radius 2 is 1.90 bits per heavy atom. The zero-order chi connectivity index (χ0) is 15.2. The molecule has 21 heavy (non-hydrogen) atoms. The van der Waals surface area contributed by atoms with Gasteiger partial charge in [0.1, 0.15) is 11.5 Å². The molecule has 0 amide bonds. The Bertz CT molecular complexity index is 599. The fraction of sp³-hybridized carbons (Fsp3) is 0.294. The molecule has 2 aromatic carbocycles. The van der Waals surface area contributed by atoms with Crippen LogP contribution in [0.4, 0.5) is 5.69 Å². The predicted octanol–water partition coefficient (Wildman–Crippen LogP) is 4.86. The molecule has 0 spiro atoms. The molecule has 0 unspecified atom stereocenters. The number of para-hydroxylation sites is 1. The SMILES string of the molecule is COc1cc(Br)cc(NCc2ccccc2OC(C)C)c1. The Morgan fingerprint density at radius 1 is 1.14 bits per heavy atom. The van der Waals surface area contributed by atoms with Crippen molar-refractivity contribution in [3.05, 3.63) is 52.5 Å². The predicted molar refractivity (Wildman–Crippen MR) is 90.2 cm³/mol. The molecule has 2 rings (SSSR count). The zero-order valence-corrected chi connectivity index (χ0v) is 14.1. The Kier molecular flexibility index (Phi) is 5.51. The van der Waals surface area contributed by atoms with Crippen LogP contribution in [0.5, 0.6) is 11.5 Å². The number of hydrogen-bond donors (Lipinski definition) is 1. The molecule has 3 nitrogen and oxygen atoms in total. The van der Waals surface area contributed by atoms with Crippen LogP contribution in [0.2, 0.25) is 0 Å². The summed E-state index contributed by atoms with van der Waals surface area (Å²) in [5.74, 6) is 1.74. The van der Waals surface area contributed by atoms with Crippen LogP contribution in [-0.4, -0.2) is 13.2 Å². The van der Waals surface area contributed by atoms with Gasteiger partial charge in [0.25, 0.3) is 0 Å². The summed E-state index contributed by atoms with van der Waals surface area (Å²) in [7, 11) is 1.66. The van der Waals surface area contributed by atoms with Gasteiger partial charge in [-0.1, -0.05) is 34.1 Å². The van der Waals surface area contributed by atoms with Gasteiger partial charge in [-0.2, -0.15) is 0 Å². The first kappa shape index (κ1) is 15.7. The van der Waals surface area contributed by atoms with Gasteiger partial charge in [0.05, 0.1) is 13.2 Å². The Balaban J connectivity index is 2.11. The van der Waals surface area contributed by atoms with E-state index in [4.69, 9.17) is 9.47 Å². The van der Waals surface area contributed by atoms with E-state index in [0.29, 0.717) is 6.54 Å². The number of halogens is 1. The lowest BCUT2D eigenvalue weighted by Crippen LogP contribution is -2.09. The van der Waals surface area contributed by atoms with Gasteiger partial charge in [-0.25, -0.2) is 0 Å². The molecule has 0 radical (unpaired) electrons. The van der Waals surface area contributed by atoms with Gasteiger partial charge in [0.15, 0.2) is 0 Å². The van der Waals surface area contributed by atoms with E-state index in [-0.39, 0.29) is 6.10 Å². The van der Waals surface area contributed by atoms with Crippen molar-refractivity contribution in [1.82, 2.24) is 0 Å². The summed E-state index contributed by atoms with van der Waals surface area (Å²) < 4.78 is 12.1. The molecule has 112 valence electrons. The lowest BCUT2D eigenvalue weighted by molar-refractivity contribution is 0.240. The largest absolute Gasteiger partial charge is 0.497 e. The van der Waals surface area contributed by atoms with Crippen LogP contribution < -0.4 is 14.8 Å². The second kappa shape index (κ2) is 7.36. The Hall–Kier alpha value is -1.68. The number of ether oxygens (including phenoxy) is 2. The molecule has 0 heterocycles. The molecule has 0 aromatic heterocycles. The van der Waals surface area contributed by atoms with Crippen LogP contribution in [-0.2, 0) is 6.54 Å².